The highest BCUT2D eigenvalue weighted by Crippen LogP contribution is 2.29. The molecule has 0 saturated heterocycles. The molecule has 0 aliphatic heterocycles. The molecule has 0 fully saturated rings. The van der Waals surface area contributed by atoms with Crippen LogP contribution in [0, 0.1) is 0 Å². The molecular formula is C30H30N2O5. The number of benzene rings is 3. The number of amides is 1. The fourth-order valence-electron chi connectivity index (χ4n) is 3.90. The van der Waals surface area contributed by atoms with E-state index in [-0.39, 0.29) is 23.3 Å². The highest BCUT2D eigenvalue weighted by Gasteiger charge is 2.23. The molecule has 0 saturated carbocycles. The maximum atomic E-state index is 13.0. The molecule has 1 aromatic heterocycles. The molecule has 37 heavy (non-hydrogen) atoms. The lowest BCUT2D eigenvalue weighted by Gasteiger charge is -2.19. The summed E-state index contributed by atoms with van der Waals surface area (Å²) in [4.78, 5) is 29.6. The highest BCUT2D eigenvalue weighted by molar-refractivity contribution is 5.98. The zero-order valence-electron chi connectivity index (χ0n) is 21.3. The summed E-state index contributed by atoms with van der Waals surface area (Å²) in [7, 11) is 1.27. The van der Waals surface area contributed by atoms with Crippen LogP contribution in [-0.2, 0) is 21.4 Å². The summed E-state index contributed by atoms with van der Waals surface area (Å²) in [5.41, 5.74) is 2.20. The van der Waals surface area contributed by atoms with Crippen LogP contribution < -0.4 is 10.1 Å². The summed E-state index contributed by atoms with van der Waals surface area (Å²) in [5, 5.41) is 13.8. The Bertz CT molecular complexity index is 1410. The molecule has 1 atom stereocenters. The van der Waals surface area contributed by atoms with Crippen molar-refractivity contribution in [3.8, 4) is 17.2 Å². The van der Waals surface area contributed by atoms with E-state index in [2.05, 4.69) is 43.2 Å². The molecular weight excluding hydrogens is 468 g/mol. The lowest BCUT2D eigenvalue weighted by atomic mass is 9.87. The molecule has 7 heteroatoms. The Labute approximate surface area is 216 Å². The smallest absolute Gasteiger partial charge is 0.328 e. The standard InChI is InChI=1S/C30H30N2O5/c1-30(2,3)22-8-13-24(14-9-22)37-25-12-7-20-18-31-26(17-21(20)16-25)28(34)32-27(29(35)36-4)15-19-5-10-23(33)11-6-19/h5-14,16-18,27,33H,15H2,1-4H3,(H,32,34)/t27-/m0/s1. The van der Waals surface area contributed by atoms with Gasteiger partial charge in [-0.25, -0.2) is 4.79 Å². The number of aromatic hydroxyl groups is 1. The topological polar surface area (TPSA) is 97.8 Å². The average Bonchev–Trinajstić information content (AvgIpc) is 2.88. The third kappa shape index (κ3) is 6.44. The Kier molecular flexibility index (Phi) is 7.43. The number of nitrogens with zero attached hydrogens (tertiary/aromatic N) is 1. The summed E-state index contributed by atoms with van der Waals surface area (Å²) < 4.78 is 10.9. The van der Waals surface area contributed by atoms with E-state index in [0.717, 1.165) is 22.1 Å². The van der Waals surface area contributed by atoms with Gasteiger partial charge in [-0.05, 0) is 70.5 Å². The van der Waals surface area contributed by atoms with Gasteiger partial charge >= 0.3 is 5.97 Å². The number of aromatic nitrogens is 1. The van der Waals surface area contributed by atoms with Gasteiger partial charge in [0.25, 0.3) is 5.91 Å². The summed E-state index contributed by atoms with van der Waals surface area (Å²) in [5.74, 6) is 0.395. The van der Waals surface area contributed by atoms with Crippen molar-refractivity contribution in [1.29, 1.82) is 0 Å². The number of phenols is 1. The highest BCUT2D eigenvalue weighted by atomic mass is 16.5. The van der Waals surface area contributed by atoms with Crippen LogP contribution in [0.4, 0.5) is 0 Å². The Hall–Kier alpha value is -4.39. The zero-order valence-corrected chi connectivity index (χ0v) is 21.3. The van der Waals surface area contributed by atoms with Gasteiger partial charge in [-0.15, -0.1) is 0 Å². The van der Waals surface area contributed by atoms with Crippen molar-refractivity contribution in [2.24, 2.45) is 0 Å². The molecule has 1 amide bonds. The van der Waals surface area contributed by atoms with E-state index in [0.29, 0.717) is 5.75 Å². The minimum Gasteiger partial charge on any atom is -0.508 e. The molecule has 0 radical (unpaired) electrons. The quantitative estimate of drug-likeness (QED) is 0.325. The molecule has 0 aliphatic carbocycles. The SMILES string of the molecule is COC(=O)[C@H](Cc1ccc(O)cc1)NC(=O)c1cc2cc(Oc3ccc(C(C)(C)C)cc3)ccc2cn1. The first-order valence-electron chi connectivity index (χ1n) is 12.0. The largest absolute Gasteiger partial charge is 0.508 e. The number of phenolic OH excluding ortho intramolecular Hbond substituents is 1. The third-order valence-electron chi connectivity index (χ3n) is 6.05. The lowest BCUT2D eigenvalue weighted by molar-refractivity contribution is -0.142. The molecule has 7 nitrogen and oxygen atoms in total. The summed E-state index contributed by atoms with van der Waals surface area (Å²) in [6.45, 7) is 6.48. The number of hydrogen-bond acceptors (Lipinski definition) is 6. The molecule has 190 valence electrons. The second-order valence-electron chi connectivity index (χ2n) is 9.87. The van der Waals surface area contributed by atoms with Crippen LogP contribution in [-0.4, -0.2) is 35.1 Å². The Morgan fingerprint density at radius 3 is 2.24 bits per heavy atom. The molecule has 3 aromatic carbocycles. The van der Waals surface area contributed by atoms with Crippen LogP contribution in [0.1, 0.15) is 42.4 Å². The Morgan fingerprint density at radius 1 is 0.919 bits per heavy atom. The van der Waals surface area contributed by atoms with E-state index >= 15 is 0 Å². The summed E-state index contributed by atoms with van der Waals surface area (Å²) in [6.07, 6.45) is 1.82. The van der Waals surface area contributed by atoms with Crippen molar-refractivity contribution < 1.29 is 24.2 Å². The second-order valence-corrected chi connectivity index (χ2v) is 9.87. The molecule has 0 spiro atoms. The van der Waals surface area contributed by atoms with Gasteiger partial charge in [0.15, 0.2) is 0 Å². The zero-order chi connectivity index (χ0) is 26.6. The van der Waals surface area contributed by atoms with Crippen molar-refractivity contribution in [1.82, 2.24) is 10.3 Å². The predicted octanol–water partition coefficient (Wildman–Crippen LogP) is 5.54. The van der Waals surface area contributed by atoms with E-state index in [4.69, 9.17) is 9.47 Å². The molecule has 0 unspecified atom stereocenters. The van der Waals surface area contributed by atoms with Crippen LogP contribution in [0.3, 0.4) is 0 Å². The number of esters is 1. The maximum absolute atomic E-state index is 13.0. The predicted molar refractivity (Wildman–Crippen MR) is 142 cm³/mol. The molecule has 1 heterocycles. The number of hydrogen-bond donors (Lipinski definition) is 2. The molecule has 0 bridgehead atoms. The normalized spacial score (nSPS) is 12.1. The first-order chi connectivity index (χ1) is 17.6. The van der Waals surface area contributed by atoms with Gasteiger partial charge in [0.1, 0.15) is 29.0 Å². The van der Waals surface area contributed by atoms with Crippen LogP contribution in [0.5, 0.6) is 17.2 Å². The number of rotatable bonds is 7. The van der Waals surface area contributed by atoms with Gasteiger partial charge in [-0.1, -0.05) is 45.0 Å². The first kappa shape index (κ1) is 25.7. The van der Waals surface area contributed by atoms with Gasteiger partial charge < -0.3 is 19.9 Å². The van der Waals surface area contributed by atoms with Gasteiger partial charge in [-0.3, -0.25) is 9.78 Å². The minimum atomic E-state index is -0.912. The number of fused-ring (bicyclic) bond motifs is 1. The van der Waals surface area contributed by atoms with Crippen molar-refractivity contribution in [2.75, 3.05) is 7.11 Å². The summed E-state index contributed by atoms with van der Waals surface area (Å²) in [6, 6.07) is 20.7. The van der Waals surface area contributed by atoms with Gasteiger partial charge in [0.05, 0.1) is 7.11 Å². The van der Waals surface area contributed by atoms with Gasteiger partial charge in [0, 0.05) is 18.0 Å². The van der Waals surface area contributed by atoms with Crippen molar-refractivity contribution in [3.05, 3.63) is 95.8 Å². The van der Waals surface area contributed by atoms with Crippen LogP contribution in [0.15, 0.2) is 79.0 Å². The van der Waals surface area contributed by atoms with Crippen LogP contribution in [0.25, 0.3) is 10.8 Å². The average molecular weight is 499 g/mol. The molecule has 0 aliphatic rings. The number of pyridine rings is 1. The summed E-state index contributed by atoms with van der Waals surface area (Å²) >= 11 is 0. The fourth-order valence-corrected chi connectivity index (χ4v) is 3.90. The monoisotopic (exact) mass is 498 g/mol. The molecule has 4 aromatic rings. The number of nitrogens with one attached hydrogen (secondary N) is 1. The Balaban J connectivity index is 1.51. The van der Waals surface area contributed by atoms with E-state index < -0.39 is 17.9 Å². The lowest BCUT2D eigenvalue weighted by Crippen LogP contribution is -2.43. The number of carbonyl (C=O) groups excluding carboxylic acids is 2. The molecule has 4 rings (SSSR count). The number of methoxy groups -OCH3 is 1. The number of ether oxygens (including phenoxy) is 2. The van der Waals surface area contributed by atoms with Gasteiger partial charge in [0.2, 0.25) is 0 Å². The van der Waals surface area contributed by atoms with E-state index in [1.165, 1.54) is 24.8 Å². The van der Waals surface area contributed by atoms with Crippen molar-refractivity contribution in [2.45, 2.75) is 38.6 Å². The van der Waals surface area contributed by atoms with E-state index in [1.54, 1.807) is 24.4 Å². The third-order valence-corrected chi connectivity index (χ3v) is 6.05. The Morgan fingerprint density at radius 2 is 1.59 bits per heavy atom. The van der Waals surface area contributed by atoms with Crippen molar-refractivity contribution in [3.63, 3.8) is 0 Å². The second kappa shape index (κ2) is 10.7. The van der Waals surface area contributed by atoms with Crippen LogP contribution >= 0.6 is 0 Å². The van der Waals surface area contributed by atoms with Crippen molar-refractivity contribution >= 4 is 22.6 Å². The van der Waals surface area contributed by atoms with Gasteiger partial charge in [-0.2, -0.15) is 0 Å². The maximum Gasteiger partial charge on any atom is 0.328 e. The van der Waals surface area contributed by atoms with E-state index in [9.17, 15) is 14.7 Å². The first-order valence-corrected chi connectivity index (χ1v) is 12.0. The fraction of sp³-hybridized carbons (Fsp3) is 0.233. The minimum absolute atomic E-state index is 0.0579. The molecule has 2 N–H and O–H groups in total. The van der Waals surface area contributed by atoms with Crippen LogP contribution in [0.2, 0.25) is 0 Å². The van der Waals surface area contributed by atoms with E-state index in [1.807, 2.05) is 30.3 Å². The number of carbonyl (C=O) groups is 2.